The molecule has 0 saturated heterocycles. The van der Waals surface area contributed by atoms with E-state index in [-0.39, 0.29) is 23.5 Å². The van der Waals surface area contributed by atoms with Crippen molar-refractivity contribution < 1.29 is 14.2 Å². The summed E-state index contributed by atoms with van der Waals surface area (Å²) in [5, 5.41) is 11.8. The van der Waals surface area contributed by atoms with Crippen molar-refractivity contribution in [2.24, 2.45) is 0 Å². The number of hydrogen-bond donors (Lipinski definition) is 2. The smallest absolute Gasteiger partial charge is 0.225 e. The molecule has 1 rings (SSSR count). The predicted octanol–water partition coefficient (Wildman–Crippen LogP) is 0.767. The van der Waals surface area contributed by atoms with Gasteiger partial charge in [0.05, 0.1) is 0 Å². The maximum absolute atomic E-state index is 11.1. The summed E-state index contributed by atoms with van der Waals surface area (Å²) in [6.07, 6.45) is 0.627. The van der Waals surface area contributed by atoms with Crippen molar-refractivity contribution in [1.29, 1.82) is 0 Å². The van der Waals surface area contributed by atoms with E-state index < -0.39 is 0 Å². The van der Waals surface area contributed by atoms with Crippen LogP contribution in [0.2, 0.25) is 0 Å². The molecule has 0 radical (unpaired) electrons. The molecular weight excluding hydrogens is 200 g/mol. The first kappa shape index (κ1) is 11.2. The van der Waals surface area contributed by atoms with E-state index in [2.05, 4.69) is 25.6 Å². The number of carbonyl (C=O) groups excluding carboxylic acids is 2. The van der Waals surface area contributed by atoms with Crippen LogP contribution in [0.5, 0.6) is 0 Å². The number of hydrogen-bond acceptors (Lipinski definition) is 5. The maximum Gasteiger partial charge on any atom is 0.225 e. The van der Waals surface area contributed by atoms with E-state index in [1.54, 1.807) is 13.8 Å². The molecule has 0 aliphatic heterocycles. The minimum atomic E-state index is -0.224. The number of aromatic nitrogens is 2. The third kappa shape index (κ3) is 3.04. The molecule has 1 aromatic rings. The van der Waals surface area contributed by atoms with E-state index >= 15 is 0 Å². The van der Waals surface area contributed by atoms with E-state index in [1.807, 2.05) is 0 Å². The number of nitrogens with one attached hydrogen (secondary N) is 2. The normalized spacial score (nSPS) is 9.73. The van der Waals surface area contributed by atoms with Crippen molar-refractivity contribution in [1.82, 2.24) is 10.3 Å². The molecule has 1 aromatic heterocycles. The summed E-state index contributed by atoms with van der Waals surface area (Å²) < 4.78 is 4.41. The molecule has 0 fully saturated rings. The molecule has 0 aromatic carbocycles. The van der Waals surface area contributed by atoms with Gasteiger partial charge in [-0.25, -0.2) is 4.63 Å². The minimum Gasteiger partial charge on any atom is -0.305 e. The van der Waals surface area contributed by atoms with Gasteiger partial charge >= 0.3 is 0 Å². The molecule has 0 spiro atoms. The molecule has 0 atom stereocenters. The molecule has 15 heavy (non-hydrogen) atoms. The quantitative estimate of drug-likeness (QED) is 0.768. The van der Waals surface area contributed by atoms with Crippen LogP contribution in [-0.4, -0.2) is 22.1 Å². The number of carbonyl (C=O) groups is 2. The highest BCUT2D eigenvalue weighted by atomic mass is 16.6. The van der Waals surface area contributed by atoms with Crippen molar-refractivity contribution in [3.63, 3.8) is 0 Å². The number of rotatable bonds is 4. The predicted molar refractivity (Wildman–Crippen MR) is 52.1 cm³/mol. The molecule has 0 bridgehead atoms. The third-order valence-corrected chi connectivity index (χ3v) is 1.65. The van der Waals surface area contributed by atoms with Gasteiger partial charge in [0.1, 0.15) is 0 Å². The highest BCUT2D eigenvalue weighted by molar-refractivity contribution is 5.96. The summed E-state index contributed by atoms with van der Waals surface area (Å²) in [5.74, 6) is -0.192. The topological polar surface area (TPSA) is 97.1 Å². The zero-order chi connectivity index (χ0) is 11.3. The van der Waals surface area contributed by atoms with Crippen LogP contribution in [0, 0.1) is 0 Å². The second-order valence-corrected chi connectivity index (χ2v) is 2.76. The Morgan fingerprint density at radius 3 is 1.80 bits per heavy atom. The summed E-state index contributed by atoms with van der Waals surface area (Å²) in [4.78, 5) is 22.1. The van der Waals surface area contributed by atoms with E-state index in [4.69, 9.17) is 0 Å². The number of amides is 2. The highest BCUT2D eigenvalue weighted by Gasteiger charge is 2.13. The third-order valence-electron chi connectivity index (χ3n) is 1.65. The van der Waals surface area contributed by atoms with Crippen molar-refractivity contribution in [2.75, 3.05) is 10.6 Å². The van der Waals surface area contributed by atoms with Gasteiger partial charge in [0, 0.05) is 12.8 Å². The van der Waals surface area contributed by atoms with Gasteiger partial charge in [0.25, 0.3) is 0 Å². The average molecular weight is 212 g/mol. The monoisotopic (exact) mass is 212 g/mol. The van der Waals surface area contributed by atoms with Crippen LogP contribution in [0.4, 0.5) is 11.6 Å². The van der Waals surface area contributed by atoms with Gasteiger partial charge in [0.15, 0.2) is 0 Å². The van der Waals surface area contributed by atoms with Gasteiger partial charge in [-0.05, 0) is 10.3 Å². The largest absolute Gasteiger partial charge is 0.305 e. The first-order valence-corrected chi connectivity index (χ1v) is 4.59. The SMILES string of the molecule is CCC(=O)Nc1nonc1NC(=O)CC. The highest BCUT2D eigenvalue weighted by Crippen LogP contribution is 2.15. The van der Waals surface area contributed by atoms with Gasteiger partial charge in [-0.3, -0.25) is 9.59 Å². The van der Waals surface area contributed by atoms with E-state index in [0.29, 0.717) is 12.8 Å². The van der Waals surface area contributed by atoms with Gasteiger partial charge in [-0.2, -0.15) is 0 Å². The van der Waals surface area contributed by atoms with Crippen LogP contribution in [0.25, 0.3) is 0 Å². The Hall–Kier alpha value is -1.92. The summed E-state index contributed by atoms with van der Waals surface area (Å²) in [6, 6.07) is 0. The zero-order valence-corrected chi connectivity index (χ0v) is 8.53. The Morgan fingerprint density at radius 1 is 1.07 bits per heavy atom. The summed E-state index contributed by atoms with van der Waals surface area (Å²) in [5.41, 5.74) is 0. The molecule has 0 unspecified atom stereocenters. The van der Waals surface area contributed by atoms with Gasteiger partial charge in [-0.15, -0.1) is 0 Å². The zero-order valence-electron chi connectivity index (χ0n) is 8.53. The average Bonchev–Trinajstić information content (AvgIpc) is 2.65. The molecule has 7 heteroatoms. The van der Waals surface area contributed by atoms with E-state index in [9.17, 15) is 9.59 Å². The Bertz CT molecular complexity index is 328. The molecule has 0 aliphatic carbocycles. The van der Waals surface area contributed by atoms with E-state index in [1.165, 1.54) is 0 Å². The fourth-order valence-corrected chi connectivity index (χ4v) is 0.793. The Labute approximate surface area is 86.2 Å². The maximum atomic E-state index is 11.1. The standard InChI is InChI=1S/C8H12N4O3/c1-3-5(13)9-7-8(12-15-11-7)10-6(14)4-2/h3-4H2,1-2H3,(H,9,11,13)(H,10,12,14). The van der Waals surface area contributed by atoms with Crippen molar-refractivity contribution in [2.45, 2.75) is 26.7 Å². The lowest BCUT2D eigenvalue weighted by Crippen LogP contribution is -2.15. The molecule has 0 aliphatic rings. The van der Waals surface area contributed by atoms with E-state index in [0.717, 1.165) is 0 Å². The lowest BCUT2D eigenvalue weighted by atomic mass is 10.4. The Balaban J connectivity index is 2.69. The van der Waals surface area contributed by atoms with Crippen molar-refractivity contribution >= 4 is 23.5 Å². The first-order chi connectivity index (χ1) is 7.17. The fraction of sp³-hybridized carbons (Fsp3) is 0.500. The van der Waals surface area contributed by atoms with Gasteiger partial charge < -0.3 is 10.6 Å². The van der Waals surface area contributed by atoms with Crippen molar-refractivity contribution in [3.05, 3.63) is 0 Å². The summed E-state index contributed by atoms with van der Waals surface area (Å²) in [6.45, 7) is 3.40. The molecular formula is C8H12N4O3. The lowest BCUT2D eigenvalue weighted by Gasteiger charge is -2.01. The fourth-order valence-electron chi connectivity index (χ4n) is 0.793. The van der Waals surface area contributed by atoms with Crippen LogP contribution >= 0.6 is 0 Å². The van der Waals surface area contributed by atoms with Crippen LogP contribution in [0.1, 0.15) is 26.7 Å². The molecule has 2 amide bonds. The number of nitrogens with zero attached hydrogens (tertiary/aromatic N) is 2. The first-order valence-electron chi connectivity index (χ1n) is 4.59. The molecule has 1 heterocycles. The Kier molecular flexibility index (Phi) is 3.78. The second-order valence-electron chi connectivity index (χ2n) is 2.76. The summed E-state index contributed by atoms with van der Waals surface area (Å²) >= 11 is 0. The van der Waals surface area contributed by atoms with Crippen molar-refractivity contribution in [3.8, 4) is 0 Å². The lowest BCUT2D eigenvalue weighted by molar-refractivity contribution is -0.116. The van der Waals surface area contributed by atoms with Crippen LogP contribution in [0.3, 0.4) is 0 Å². The van der Waals surface area contributed by atoms with Crippen LogP contribution in [0.15, 0.2) is 4.63 Å². The molecule has 2 N–H and O–H groups in total. The van der Waals surface area contributed by atoms with Crippen LogP contribution in [-0.2, 0) is 9.59 Å². The minimum absolute atomic E-state index is 0.128. The second kappa shape index (κ2) is 5.08. The summed E-state index contributed by atoms with van der Waals surface area (Å²) in [7, 11) is 0. The van der Waals surface area contributed by atoms with Crippen LogP contribution < -0.4 is 10.6 Å². The van der Waals surface area contributed by atoms with Gasteiger partial charge in [0.2, 0.25) is 23.5 Å². The number of anilines is 2. The van der Waals surface area contributed by atoms with Gasteiger partial charge in [-0.1, -0.05) is 13.8 Å². The molecule has 7 nitrogen and oxygen atoms in total. The molecule has 82 valence electrons. The molecule has 0 saturated carbocycles. The Morgan fingerprint density at radius 2 is 1.47 bits per heavy atom.